The predicted molar refractivity (Wildman–Crippen MR) is 55.8 cm³/mol. The molecule has 2 aliphatic heterocycles. The molecular formula is C11H20N2. The lowest BCUT2D eigenvalue weighted by atomic mass is 10.0. The smallest absolute Gasteiger partial charge is 0.0168 e. The Labute approximate surface area is 81.0 Å². The summed E-state index contributed by atoms with van der Waals surface area (Å²) in [6.45, 7) is 7.15. The molecule has 74 valence electrons. The summed E-state index contributed by atoms with van der Waals surface area (Å²) in [4.78, 5) is 2.65. The second-order valence-electron chi connectivity index (χ2n) is 4.28. The normalized spacial score (nSPS) is 27.3. The molecule has 2 heterocycles. The Morgan fingerprint density at radius 1 is 1.38 bits per heavy atom. The van der Waals surface area contributed by atoms with Crippen LogP contribution in [0.2, 0.25) is 0 Å². The Balaban J connectivity index is 1.86. The SMILES string of the molecule is CC1=CCN(C2CCNCC2)CC1. The molecule has 0 aromatic rings. The van der Waals surface area contributed by atoms with Gasteiger partial charge in [0.15, 0.2) is 0 Å². The minimum absolute atomic E-state index is 0.852. The van der Waals surface area contributed by atoms with E-state index in [9.17, 15) is 0 Å². The highest BCUT2D eigenvalue weighted by molar-refractivity contribution is 5.04. The van der Waals surface area contributed by atoms with Gasteiger partial charge in [-0.1, -0.05) is 11.6 Å². The first-order valence-electron chi connectivity index (χ1n) is 5.46. The number of hydrogen-bond acceptors (Lipinski definition) is 2. The first-order chi connectivity index (χ1) is 6.36. The van der Waals surface area contributed by atoms with Gasteiger partial charge in [-0.3, -0.25) is 4.90 Å². The fraction of sp³-hybridized carbons (Fsp3) is 0.818. The van der Waals surface area contributed by atoms with Gasteiger partial charge in [0.25, 0.3) is 0 Å². The van der Waals surface area contributed by atoms with E-state index >= 15 is 0 Å². The summed E-state index contributed by atoms with van der Waals surface area (Å²) >= 11 is 0. The minimum atomic E-state index is 0.852. The number of nitrogens with one attached hydrogen (secondary N) is 1. The highest BCUT2D eigenvalue weighted by Crippen LogP contribution is 2.17. The van der Waals surface area contributed by atoms with Crippen LogP contribution < -0.4 is 5.32 Å². The largest absolute Gasteiger partial charge is 0.317 e. The molecular weight excluding hydrogens is 160 g/mol. The summed E-state index contributed by atoms with van der Waals surface area (Å²) in [5, 5.41) is 3.42. The third-order valence-corrected chi connectivity index (χ3v) is 3.29. The van der Waals surface area contributed by atoms with E-state index in [0.717, 1.165) is 6.04 Å². The Morgan fingerprint density at radius 2 is 2.15 bits per heavy atom. The van der Waals surface area contributed by atoms with Gasteiger partial charge in [0.1, 0.15) is 0 Å². The van der Waals surface area contributed by atoms with E-state index in [1.807, 2.05) is 0 Å². The second-order valence-corrected chi connectivity index (χ2v) is 4.28. The van der Waals surface area contributed by atoms with Gasteiger partial charge in [0.05, 0.1) is 0 Å². The minimum Gasteiger partial charge on any atom is -0.317 e. The summed E-state index contributed by atoms with van der Waals surface area (Å²) in [5.74, 6) is 0. The molecule has 0 unspecified atom stereocenters. The van der Waals surface area contributed by atoms with E-state index in [2.05, 4.69) is 23.2 Å². The second kappa shape index (κ2) is 4.25. The van der Waals surface area contributed by atoms with Crippen molar-refractivity contribution in [1.29, 1.82) is 0 Å². The summed E-state index contributed by atoms with van der Waals surface area (Å²) in [7, 11) is 0. The van der Waals surface area contributed by atoms with Gasteiger partial charge in [0, 0.05) is 19.1 Å². The Morgan fingerprint density at radius 3 is 2.77 bits per heavy atom. The van der Waals surface area contributed by atoms with Crippen LogP contribution in [0.25, 0.3) is 0 Å². The maximum absolute atomic E-state index is 3.42. The summed E-state index contributed by atoms with van der Waals surface area (Å²) in [6, 6.07) is 0.852. The van der Waals surface area contributed by atoms with Gasteiger partial charge in [-0.25, -0.2) is 0 Å². The lowest BCUT2D eigenvalue weighted by Gasteiger charge is -2.36. The lowest BCUT2D eigenvalue weighted by molar-refractivity contribution is 0.174. The first-order valence-corrected chi connectivity index (χ1v) is 5.46. The maximum Gasteiger partial charge on any atom is 0.0168 e. The van der Waals surface area contributed by atoms with Crippen LogP contribution in [0, 0.1) is 0 Å². The molecule has 0 spiro atoms. The molecule has 0 aliphatic carbocycles. The Hall–Kier alpha value is -0.340. The van der Waals surface area contributed by atoms with Crippen molar-refractivity contribution in [2.24, 2.45) is 0 Å². The molecule has 2 aliphatic rings. The topological polar surface area (TPSA) is 15.3 Å². The summed E-state index contributed by atoms with van der Waals surface area (Å²) < 4.78 is 0. The fourth-order valence-corrected chi connectivity index (χ4v) is 2.29. The standard InChI is InChI=1S/C11H20N2/c1-10-4-8-13(9-5-10)11-2-6-12-7-3-11/h4,11-12H,2-3,5-9H2,1H3. The molecule has 0 aromatic heterocycles. The summed E-state index contributed by atoms with van der Waals surface area (Å²) in [6.07, 6.45) is 6.36. The average Bonchev–Trinajstić information content (AvgIpc) is 2.20. The van der Waals surface area contributed by atoms with E-state index in [4.69, 9.17) is 0 Å². The molecule has 13 heavy (non-hydrogen) atoms. The van der Waals surface area contributed by atoms with Gasteiger partial charge in [-0.05, 0) is 39.3 Å². The van der Waals surface area contributed by atoms with Crippen molar-refractivity contribution < 1.29 is 0 Å². The average molecular weight is 180 g/mol. The predicted octanol–water partition coefficient (Wildman–Crippen LogP) is 1.39. The molecule has 2 rings (SSSR count). The fourth-order valence-electron chi connectivity index (χ4n) is 2.29. The molecule has 0 amide bonds. The van der Waals surface area contributed by atoms with Gasteiger partial charge in [-0.2, -0.15) is 0 Å². The van der Waals surface area contributed by atoms with E-state index < -0.39 is 0 Å². The number of piperidine rings is 1. The molecule has 1 fully saturated rings. The molecule has 0 bridgehead atoms. The van der Waals surface area contributed by atoms with Crippen LogP contribution in [0.4, 0.5) is 0 Å². The van der Waals surface area contributed by atoms with E-state index in [1.54, 1.807) is 5.57 Å². The Bertz CT molecular complexity index is 192. The van der Waals surface area contributed by atoms with Crippen molar-refractivity contribution in [3.05, 3.63) is 11.6 Å². The molecule has 2 heteroatoms. The van der Waals surface area contributed by atoms with Crippen molar-refractivity contribution in [3.8, 4) is 0 Å². The number of hydrogen-bond donors (Lipinski definition) is 1. The molecule has 1 saturated heterocycles. The third-order valence-electron chi connectivity index (χ3n) is 3.29. The maximum atomic E-state index is 3.42. The number of nitrogens with zero attached hydrogens (tertiary/aromatic N) is 1. The van der Waals surface area contributed by atoms with Crippen LogP contribution >= 0.6 is 0 Å². The monoisotopic (exact) mass is 180 g/mol. The van der Waals surface area contributed by atoms with Crippen molar-refractivity contribution in [3.63, 3.8) is 0 Å². The number of rotatable bonds is 1. The van der Waals surface area contributed by atoms with Crippen LogP contribution in [0.3, 0.4) is 0 Å². The zero-order valence-corrected chi connectivity index (χ0v) is 8.55. The van der Waals surface area contributed by atoms with Gasteiger partial charge < -0.3 is 5.32 Å². The van der Waals surface area contributed by atoms with Crippen LogP contribution in [-0.4, -0.2) is 37.1 Å². The zero-order valence-electron chi connectivity index (χ0n) is 8.55. The molecule has 0 atom stereocenters. The van der Waals surface area contributed by atoms with Crippen molar-refractivity contribution in [2.45, 2.75) is 32.2 Å². The van der Waals surface area contributed by atoms with Gasteiger partial charge in [0.2, 0.25) is 0 Å². The molecule has 0 aromatic carbocycles. The van der Waals surface area contributed by atoms with Crippen LogP contribution in [0.5, 0.6) is 0 Å². The van der Waals surface area contributed by atoms with Crippen molar-refractivity contribution in [2.75, 3.05) is 26.2 Å². The molecule has 2 nitrogen and oxygen atoms in total. The lowest BCUT2D eigenvalue weighted by Crippen LogP contribution is -2.44. The van der Waals surface area contributed by atoms with E-state index in [1.165, 1.54) is 45.4 Å². The molecule has 0 saturated carbocycles. The quantitative estimate of drug-likeness (QED) is 0.613. The Kier molecular flexibility index (Phi) is 3.01. The van der Waals surface area contributed by atoms with E-state index in [0.29, 0.717) is 0 Å². The summed E-state index contributed by atoms with van der Waals surface area (Å²) in [5.41, 5.74) is 1.57. The molecule has 0 radical (unpaired) electrons. The van der Waals surface area contributed by atoms with Gasteiger partial charge in [-0.15, -0.1) is 0 Å². The third kappa shape index (κ3) is 2.32. The highest BCUT2D eigenvalue weighted by Gasteiger charge is 2.21. The van der Waals surface area contributed by atoms with E-state index in [-0.39, 0.29) is 0 Å². The van der Waals surface area contributed by atoms with Crippen molar-refractivity contribution >= 4 is 0 Å². The highest BCUT2D eigenvalue weighted by atomic mass is 15.2. The first kappa shape index (κ1) is 9.22. The van der Waals surface area contributed by atoms with Crippen molar-refractivity contribution in [1.82, 2.24) is 10.2 Å². The molecule has 1 N–H and O–H groups in total. The van der Waals surface area contributed by atoms with Crippen LogP contribution in [-0.2, 0) is 0 Å². The van der Waals surface area contributed by atoms with Crippen LogP contribution in [0.1, 0.15) is 26.2 Å². The zero-order chi connectivity index (χ0) is 9.10. The van der Waals surface area contributed by atoms with Gasteiger partial charge >= 0.3 is 0 Å². The van der Waals surface area contributed by atoms with Crippen LogP contribution in [0.15, 0.2) is 11.6 Å².